The summed E-state index contributed by atoms with van der Waals surface area (Å²) in [5.74, 6) is -1.98. The summed E-state index contributed by atoms with van der Waals surface area (Å²) in [6.45, 7) is -0.0763. The highest BCUT2D eigenvalue weighted by Crippen LogP contribution is 2.43. The Morgan fingerprint density at radius 1 is 1.00 bits per heavy atom. The van der Waals surface area contributed by atoms with Gasteiger partial charge >= 0.3 is 18.3 Å². The van der Waals surface area contributed by atoms with Gasteiger partial charge in [-0.1, -0.05) is 30.3 Å². The van der Waals surface area contributed by atoms with Gasteiger partial charge in [-0.15, -0.1) is 11.3 Å². The fourth-order valence-corrected chi connectivity index (χ4v) is 4.35. The predicted octanol–water partition coefficient (Wildman–Crippen LogP) is 6.40. The molecule has 0 unspecified atom stereocenters. The van der Waals surface area contributed by atoms with E-state index in [0.717, 1.165) is 5.06 Å². The van der Waals surface area contributed by atoms with Crippen LogP contribution >= 0.6 is 11.3 Å². The topological polar surface area (TPSA) is 38.8 Å². The minimum absolute atomic E-state index is 0.0426. The highest BCUT2D eigenvalue weighted by atomic mass is 32.1. The summed E-state index contributed by atoms with van der Waals surface area (Å²) in [5, 5.41) is 0.857. The van der Waals surface area contributed by atoms with Crippen molar-refractivity contribution in [3.05, 3.63) is 69.9 Å². The van der Waals surface area contributed by atoms with E-state index in [1.807, 2.05) is 0 Å². The second-order valence-corrected chi connectivity index (χ2v) is 8.26. The monoisotopic (exact) mass is 487 g/mol. The average molecular weight is 487 g/mol. The van der Waals surface area contributed by atoms with Crippen molar-refractivity contribution in [2.24, 2.45) is 0 Å². The van der Waals surface area contributed by atoms with Gasteiger partial charge in [-0.2, -0.15) is 26.3 Å². The first kappa shape index (κ1) is 23.0. The first-order valence-corrected chi connectivity index (χ1v) is 10.4. The summed E-state index contributed by atoms with van der Waals surface area (Å²) in [7, 11) is 0. The molecule has 0 amide bonds. The molecule has 0 aliphatic carbocycles. The lowest BCUT2D eigenvalue weighted by atomic mass is 10.1. The van der Waals surface area contributed by atoms with Gasteiger partial charge in [0.25, 0.3) is 0 Å². The van der Waals surface area contributed by atoms with Crippen molar-refractivity contribution < 1.29 is 40.7 Å². The number of hydrogen-bond acceptors (Lipinski definition) is 5. The molecule has 1 aliphatic heterocycles. The number of hydrogen-bond donors (Lipinski definition) is 0. The van der Waals surface area contributed by atoms with Crippen molar-refractivity contribution >= 4 is 23.0 Å². The third-order valence-corrected chi connectivity index (χ3v) is 5.99. The molecule has 0 bridgehead atoms. The Kier molecular flexibility index (Phi) is 6.00. The lowest BCUT2D eigenvalue weighted by molar-refractivity contribution is -0.201. The van der Waals surface area contributed by atoms with Gasteiger partial charge in [0.15, 0.2) is 0 Å². The number of halogens is 6. The molecule has 33 heavy (non-hydrogen) atoms. The second kappa shape index (κ2) is 8.62. The normalized spacial score (nSPS) is 13.7. The Morgan fingerprint density at radius 2 is 1.73 bits per heavy atom. The molecule has 0 saturated carbocycles. The molecule has 11 heteroatoms. The molecule has 0 atom stereocenters. The minimum atomic E-state index is -5.11. The van der Waals surface area contributed by atoms with Crippen LogP contribution in [0.1, 0.15) is 15.3 Å². The fraction of sp³-hybridized carbons (Fsp3) is 0.227. The van der Waals surface area contributed by atoms with Gasteiger partial charge in [-0.3, -0.25) is 0 Å². The van der Waals surface area contributed by atoms with Crippen LogP contribution in [0, 0.1) is 0 Å². The highest BCUT2D eigenvalue weighted by Gasteiger charge is 2.43. The lowest BCUT2D eigenvalue weighted by Gasteiger charge is -2.19. The van der Waals surface area contributed by atoms with E-state index in [9.17, 15) is 31.1 Å². The zero-order chi connectivity index (χ0) is 23.8. The predicted molar refractivity (Wildman–Crippen MR) is 109 cm³/mol. The van der Waals surface area contributed by atoms with Crippen LogP contribution in [0.4, 0.5) is 32.0 Å². The van der Waals surface area contributed by atoms with Gasteiger partial charge in [0.1, 0.15) is 17.2 Å². The number of nitrogens with zero attached hydrogens (tertiary/aromatic N) is 1. The molecule has 4 nitrogen and oxygen atoms in total. The molecular formula is C22H15F6NO3S. The Bertz CT molecular complexity index is 1160. The van der Waals surface area contributed by atoms with Gasteiger partial charge in [0.05, 0.1) is 12.2 Å². The maximum Gasteiger partial charge on any atom is 0.493 e. The summed E-state index contributed by atoms with van der Waals surface area (Å²) < 4.78 is 83.5. The van der Waals surface area contributed by atoms with E-state index in [0.29, 0.717) is 45.2 Å². The summed E-state index contributed by atoms with van der Waals surface area (Å²) in [6.07, 6.45) is -9.31. The van der Waals surface area contributed by atoms with Gasteiger partial charge in [-0.05, 0) is 41.8 Å². The third kappa shape index (κ3) is 5.08. The molecule has 2 aromatic carbocycles. The molecule has 0 N–H and O–H groups in total. The summed E-state index contributed by atoms with van der Waals surface area (Å²) in [5.41, 5.74) is 1.40. The Morgan fingerprint density at radius 3 is 2.39 bits per heavy atom. The van der Waals surface area contributed by atoms with Crippen LogP contribution in [0.15, 0.2) is 54.6 Å². The molecule has 0 fully saturated rings. The Hall–Kier alpha value is -3.21. The number of carbonyl (C=O) groups excluding carboxylic acids is 1. The van der Waals surface area contributed by atoms with Crippen LogP contribution in [0.2, 0.25) is 0 Å². The van der Waals surface area contributed by atoms with Crippen LogP contribution in [-0.2, 0) is 28.8 Å². The van der Waals surface area contributed by atoms with E-state index in [1.54, 1.807) is 36.4 Å². The lowest BCUT2D eigenvalue weighted by Crippen LogP contribution is -2.33. The molecule has 174 valence electrons. The maximum absolute atomic E-state index is 13.5. The number of alkyl halides is 6. The Balaban J connectivity index is 1.48. The number of fused-ring (bicyclic) bond motifs is 1. The number of thiophene rings is 1. The number of carbonyl (C=O) groups is 1. The second-order valence-electron chi connectivity index (χ2n) is 7.13. The minimum Gasteiger partial charge on any atom is -0.488 e. The van der Waals surface area contributed by atoms with Crippen molar-refractivity contribution in [1.29, 1.82) is 0 Å². The quantitative estimate of drug-likeness (QED) is 0.391. The maximum atomic E-state index is 13.5. The number of rotatable bonds is 5. The zero-order valence-corrected chi connectivity index (χ0v) is 17.5. The van der Waals surface area contributed by atoms with Crippen LogP contribution in [0.25, 0.3) is 11.1 Å². The fourth-order valence-electron chi connectivity index (χ4n) is 3.39. The van der Waals surface area contributed by atoms with E-state index >= 15 is 0 Å². The van der Waals surface area contributed by atoms with E-state index < -0.39 is 23.2 Å². The molecule has 0 radical (unpaired) electrons. The van der Waals surface area contributed by atoms with Crippen molar-refractivity contribution in [3.63, 3.8) is 0 Å². The number of benzene rings is 2. The summed E-state index contributed by atoms with van der Waals surface area (Å²) in [4.78, 5) is 15.1. The number of hydroxylamine groups is 1. The van der Waals surface area contributed by atoms with Gasteiger partial charge in [0, 0.05) is 10.4 Å². The van der Waals surface area contributed by atoms with Crippen molar-refractivity contribution in [2.75, 3.05) is 11.6 Å². The van der Waals surface area contributed by atoms with E-state index in [2.05, 4.69) is 4.84 Å². The van der Waals surface area contributed by atoms with Crippen LogP contribution in [0.3, 0.4) is 0 Å². The molecule has 4 rings (SSSR count). The van der Waals surface area contributed by atoms with E-state index in [-0.39, 0.29) is 18.7 Å². The molecule has 2 heterocycles. The average Bonchev–Trinajstić information content (AvgIpc) is 3.36. The van der Waals surface area contributed by atoms with E-state index in [4.69, 9.17) is 4.74 Å². The van der Waals surface area contributed by atoms with Crippen molar-refractivity contribution in [2.45, 2.75) is 25.4 Å². The van der Waals surface area contributed by atoms with Crippen molar-refractivity contribution in [1.82, 2.24) is 0 Å². The van der Waals surface area contributed by atoms with Crippen LogP contribution in [-0.4, -0.2) is 18.7 Å². The SMILES string of the molecule is O=C(ON1CCc2cc(OCc3cc(-c4ccccc4)c(C(F)(F)F)s3)ccc21)C(F)(F)F. The summed E-state index contributed by atoms with van der Waals surface area (Å²) in [6, 6.07) is 14.1. The summed E-state index contributed by atoms with van der Waals surface area (Å²) >= 11 is 0.593. The highest BCUT2D eigenvalue weighted by molar-refractivity contribution is 7.12. The third-order valence-electron chi connectivity index (χ3n) is 4.83. The molecule has 1 aliphatic rings. The van der Waals surface area contributed by atoms with Crippen molar-refractivity contribution in [3.8, 4) is 16.9 Å². The number of ether oxygens (including phenoxy) is 1. The molecule has 3 aromatic rings. The van der Waals surface area contributed by atoms with Gasteiger partial charge < -0.3 is 9.57 Å². The largest absolute Gasteiger partial charge is 0.493 e. The van der Waals surface area contributed by atoms with Crippen LogP contribution < -0.4 is 9.80 Å². The molecule has 1 aromatic heterocycles. The van der Waals surface area contributed by atoms with Gasteiger partial charge in [0.2, 0.25) is 0 Å². The Labute approximate surface area is 187 Å². The number of anilines is 1. The first-order valence-electron chi connectivity index (χ1n) is 9.60. The standard InChI is InChI=1S/C22H15F6NO3S/c23-21(24,25)19-17(13-4-2-1-3-5-13)11-16(33-19)12-31-15-6-7-18-14(10-15)8-9-29(18)32-20(30)22(26,27)28/h1-7,10-11H,8-9,12H2. The zero-order valence-electron chi connectivity index (χ0n) is 16.7. The smallest absolute Gasteiger partial charge is 0.488 e. The molecule has 0 saturated heterocycles. The van der Waals surface area contributed by atoms with Crippen LogP contribution in [0.5, 0.6) is 5.75 Å². The molecular weight excluding hydrogens is 472 g/mol. The van der Waals surface area contributed by atoms with E-state index in [1.165, 1.54) is 18.2 Å². The first-order chi connectivity index (χ1) is 15.5. The molecule has 0 spiro atoms. The van der Waals surface area contributed by atoms with Gasteiger partial charge in [-0.25, -0.2) is 9.86 Å².